The van der Waals surface area contributed by atoms with Gasteiger partial charge in [0.05, 0.1) is 5.60 Å². The Kier molecular flexibility index (Phi) is 4.30. The van der Waals surface area contributed by atoms with E-state index < -0.39 is 17.5 Å². The zero-order valence-electron chi connectivity index (χ0n) is 11.2. The minimum Gasteiger partial charge on any atom is -0.385 e. The first-order valence-corrected chi connectivity index (χ1v) is 7.07. The maximum Gasteiger partial charge on any atom is 0.433 e. The summed E-state index contributed by atoms with van der Waals surface area (Å²) in [5, 5.41) is 10.5. The lowest BCUT2D eigenvalue weighted by Gasteiger charge is -2.28. The minimum atomic E-state index is -4.53. The number of hydrogen-bond donors (Lipinski definition) is 1. The monoisotopic (exact) mass is 307 g/mol. The van der Waals surface area contributed by atoms with E-state index in [4.69, 9.17) is 11.6 Å². The lowest BCUT2D eigenvalue weighted by Crippen LogP contribution is -2.26. The van der Waals surface area contributed by atoms with Crippen molar-refractivity contribution < 1.29 is 18.3 Å². The van der Waals surface area contributed by atoms with Crippen LogP contribution in [0, 0.1) is 5.92 Å². The van der Waals surface area contributed by atoms with Gasteiger partial charge in [-0.25, -0.2) is 4.98 Å². The highest BCUT2D eigenvalue weighted by molar-refractivity contribution is 6.30. The molecule has 0 bridgehead atoms. The van der Waals surface area contributed by atoms with E-state index in [1.54, 1.807) is 0 Å². The Balaban J connectivity index is 2.32. The molecule has 2 unspecified atom stereocenters. The van der Waals surface area contributed by atoms with Gasteiger partial charge in [0, 0.05) is 5.56 Å². The molecule has 2 nitrogen and oxygen atoms in total. The van der Waals surface area contributed by atoms with Crippen LogP contribution in [0.4, 0.5) is 13.2 Å². The third-order valence-electron chi connectivity index (χ3n) is 3.98. The van der Waals surface area contributed by atoms with Crippen LogP contribution in [-0.4, -0.2) is 10.1 Å². The number of halogens is 4. The van der Waals surface area contributed by atoms with E-state index in [1.807, 2.05) is 0 Å². The van der Waals surface area contributed by atoms with Crippen molar-refractivity contribution in [3.8, 4) is 0 Å². The highest BCUT2D eigenvalue weighted by Gasteiger charge is 2.37. The van der Waals surface area contributed by atoms with Crippen LogP contribution in [0.1, 0.15) is 50.3 Å². The second-order valence-electron chi connectivity index (χ2n) is 5.60. The average molecular weight is 308 g/mol. The highest BCUT2D eigenvalue weighted by atomic mass is 35.5. The molecule has 6 heteroatoms. The molecular weight excluding hydrogens is 291 g/mol. The Morgan fingerprint density at radius 3 is 2.60 bits per heavy atom. The molecule has 1 heterocycles. The first-order valence-electron chi connectivity index (χ1n) is 6.69. The predicted octanol–water partition coefficient (Wildman–Crippen LogP) is 4.54. The van der Waals surface area contributed by atoms with Gasteiger partial charge in [0.1, 0.15) is 10.8 Å². The fourth-order valence-electron chi connectivity index (χ4n) is 2.71. The minimum absolute atomic E-state index is 0.253. The second kappa shape index (κ2) is 5.53. The van der Waals surface area contributed by atoms with Gasteiger partial charge in [0.2, 0.25) is 0 Å². The molecule has 0 saturated heterocycles. The van der Waals surface area contributed by atoms with E-state index >= 15 is 0 Å². The van der Waals surface area contributed by atoms with Crippen molar-refractivity contribution in [1.82, 2.24) is 4.98 Å². The Morgan fingerprint density at radius 1 is 1.30 bits per heavy atom. The Bertz CT molecular complexity index is 492. The van der Waals surface area contributed by atoms with Crippen molar-refractivity contribution in [2.45, 2.75) is 50.8 Å². The van der Waals surface area contributed by atoms with E-state index in [2.05, 4.69) is 11.9 Å². The van der Waals surface area contributed by atoms with Crippen LogP contribution in [0.2, 0.25) is 5.15 Å². The molecule has 1 aromatic heterocycles. The van der Waals surface area contributed by atoms with Gasteiger partial charge in [-0.05, 0) is 37.7 Å². The van der Waals surface area contributed by atoms with Crippen LogP contribution in [0.15, 0.2) is 12.1 Å². The first kappa shape index (κ1) is 15.6. The molecule has 2 rings (SSSR count). The number of alkyl halides is 3. The number of rotatable bonds is 1. The summed E-state index contributed by atoms with van der Waals surface area (Å²) < 4.78 is 37.7. The number of aliphatic hydroxyl groups is 1. The lowest BCUT2D eigenvalue weighted by molar-refractivity contribution is -0.141. The SMILES string of the molecule is CC1CCCC(O)(c2ccc(C(F)(F)F)nc2Cl)CC1. The van der Waals surface area contributed by atoms with E-state index in [0.717, 1.165) is 25.3 Å². The molecule has 1 aliphatic rings. The molecule has 1 aliphatic carbocycles. The van der Waals surface area contributed by atoms with Crippen molar-refractivity contribution in [3.05, 3.63) is 28.5 Å². The van der Waals surface area contributed by atoms with Crippen molar-refractivity contribution in [2.75, 3.05) is 0 Å². The molecule has 2 atom stereocenters. The number of hydrogen-bond acceptors (Lipinski definition) is 2. The quantitative estimate of drug-likeness (QED) is 0.610. The molecule has 0 aromatic carbocycles. The van der Waals surface area contributed by atoms with Crippen LogP contribution in [-0.2, 0) is 11.8 Å². The molecule has 20 heavy (non-hydrogen) atoms. The van der Waals surface area contributed by atoms with E-state index in [-0.39, 0.29) is 5.15 Å². The van der Waals surface area contributed by atoms with Crippen molar-refractivity contribution in [1.29, 1.82) is 0 Å². The second-order valence-corrected chi connectivity index (χ2v) is 5.96. The number of pyridine rings is 1. The molecular formula is C14H17ClF3NO. The summed E-state index contributed by atoms with van der Waals surface area (Å²) >= 11 is 5.88. The van der Waals surface area contributed by atoms with Crippen molar-refractivity contribution in [2.24, 2.45) is 5.92 Å². The van der Waals surface area contributed by atoms with Crippen LogP contribution in [0.3, 0.4) is 0 Å². The Labute approximate surface area is 121 Å². The summed E-state index contributed by atoms with van der Waals surface area (Å²) in [6, 6.07) is 2.14. The molecule has 0 aliphatic heterocycles. The summed E-state index contributed by atoms with van der Waals surface area (Å²) in [6.07, 6.45) is -0.856. The van der Waals surface area contributed by atoms with Crippen molar-refractivity contribution >= 4 is 11.6 Å². The van der Waals surface area contributed by atoms with Gasteiger partial charge in [0.15, 0.2) is 0 Å². The Hall–Kier alpha value is -0.810. The average Bonchev–Trinajstić information content (AvgIpc) is 2.51. The van der Waals surface area contributed by atoms with E-state index in [0.29, 0.717) is 24.3 Å². The van der Waals surface area contributed by atoms with E-state index in [9.17, 15) is 18.3 Å². The summed E-state index contributed by atoms with van der Waals surface area (Å²) in [7, 11) is 0. The van der Waals surface area contributed by atoms with Crippen LogP contribution >= 0.6 is 11.6 Å². The standard InChI is InChI=1S/C14H17ClF3NO/c1-9-3-2-7-13(20,8-6-9)10-4-5-11(14(16,17)18)19-12(10)15/h4-5,9,20H,2-3,6-8H2,1H3. The first-order chi connectivity index (χ1) is 9.22. The number of aromatic nitrogens is 1. The lowest BCUT2D eigenvalue weighted by atomic mass is 9.87. The summed E-state index contributed by atoms with van der Waals surface area (Å²) in [4.78, 5) is 3.39. The summed E-state index contributed by atoms with van der Waals surface area (Å²) in [5.74, 6) is 0.505. The molecule has 0 spiro atoms. The normalized spacial score (nSPS) is 28.2. The maximum atomic E-state index is 12.6. The maximum absolute atomic E-state index is 12.6. The predicted molar refractivity (Wildman–Crippen MR) is 70.4 cm³/mol. The highest BCUT2D eigenvalue weighted by Crippen LogP contribution is 2.41. The van der Waals surface area contributed by atoms with Crippen LogP contribution in [0.25, 0.3) is 0 Å². The van der Waals surface area contributed by atoms with Gasteiger partial charge in [-0.2, -0.15) is 13.2 Å². The molecule has 0 amide bonds. The van der Waals surface area contributed by atoms with Gasteiger partial charge in [-0.1, -0.05) is 31.0 Å². The largest absolute Gasteiger partial charge is 0.433 e. The van der Waals surface area contributed by atoms with Gasteiger partial charge >= 0.3 is 6.18 Å². The molecule has 1 aromatic rings. The third kappa shape index (κ3) is 3.26. The molecule has 1 N–H and O–H groups in total. The van der Waals surface area contributed by atoms with E-state index in [1.165, 1.54) is 6.07 Å². The van der Waals surface area contributed by atoms with Crippen LogP contribution < -0.4 is 0 Å². The zero-order valence-corrected chi connectivity index (χ0v) is 11.9. The van der Waals surface area contributed by atoms with Crippen LogP contribution in [0.5, 0.6) is 0 Å². The van der Waals surface area contributed by atoms with Crippen molar-refractivity contribution in [3.63, 3.8) is 0 Å². The smallest absolute Gasteiger partial charge is 0.385 e. The number of nitrogens with zero attached hydrogens (tertiary/aromatic N) is 1. The third-order valence-corrected chi connectivity index (χ3v) is 4.27. The molecule has 1 saturated carbocycles. The Morgan fingerprint density at radius 2 is 2.00 bits per heavy atom. The van der Waals surface area contributed by atoms with Gasteiger partial charge in [0.25, 0.3) is 0 Å². The molecule has 112 valence electrons. The van der Waals surface area contributed by atoms with Gasteiger partial charge in [-0.3, -0.25) is 0 Å². The topological polar surface area (TPSA) is 33.1 Å². The zero-order chi connectivity index (χ0) is 15.0. The van der Waals surface area contributed by atoms with Gasteiger partial charge < -0.3 is 5.11 Å². The van der Waals surface area contributed by atoms with Gasteiger partial charge in [-0.15, -0.1) is 0 Å². The molecule has 1 fully saturated rings. The fraction of sp³-hybridized carbons (Fsp3) is 0.643. The summed E-state index contributed by atoms with van der Waals surface area (Å²) in [5.41, 5.74) is -1.89. The fourth-order valence-corrected chi connectivity index (χ4v) is 3.04. The molecule has 0 radical (unpaired) electrons. The summed E-state index contributed by atoms with van der Waals surface area (Å²) in [6.45, 7) is 2.11.